The van der Waals surface area contributed by atoms with Gasteiger partial charge in [0.15, 0.2) is 0 Å². The first-order chi connectivity index (χ1) is 11.0. The normalized spacial score (nSPS) is 11.0. The van der Waals surface area contributed by atoms with Gasteiger partial charge in [0.25, 0.3) is 0 Å². The number of ether oxygens (including phenoxy) is 1. The van der Waals surface area contributed by atoms with Gasteiger partial charge in [-0.1, -0.05) is 6.07 Å². The molecule has 3 aromatic heterocycles. The van der Waals surface area contributed by atoms with E-state index in [2.05, 4.69) is 4.98 Å². The predicted octanol–water partition coefficient (Wildman–Crippen LogP) is 4.59. The van der Waals surface area contributed by atoms with E-state index in [1.165, 1.54) is 0 Å². The number of furan rings is 1. The third-order valence-electron chi connectivity index (χ3n) is 3.73. The summed E-state index contributed by atoms with van der Waals surface area (Å²) in [5.74, 6) is 2.10. The average molecular weight is 331 g/mol. The zero-order valence-corrected chi connectivity index (χ0v) is 14.2. The maximum atomic E-state index is 12.3. The van der Waals surface area contributed by atoms with Crippen LogP contribution >= 0.6 is 11.3 Å². The Balaban J connectivity index is 1.75. The van der Waals surface area contributed by atoms with Crippen LogP contribution in [0.1, 0.15) is 38.9 Å². The number of thiophene rings is 1. The van der Waals surface area contributed by atoms with Crippen LogP contribution in [0.2, 0.25) is 0 Å². The number of hydrogen-bond donors (Lipinski definition) is 0. The van der Waals surface area contributed by atoms with Gasteiger partial charge in [-0.25, -0.2) is 9.78 Å². The van der Waals surface area contributed by atoms with Crippen LogP contribution in [0.5, 0.6) is 0 Å². The van der Waals surface area contributed by atoms with Crippen molar-refractivity contribution in [3.05, 3.63) is 51.6 Å². The summed E-state index contributed by atoms with van der Waals surface area (Å²) < 4.78 is 16.5. The van der Waals surface area contributed by atoms with E-state index in [4.69, 9.17) is 13.6 Å². The van der Waals surface area contributed by atoms with E-state index in [1.54, 1.807) is 18.3 Å². The number of oxazole rings is 1. The van der Waals surface area contributed by atoms with E-state index in [0.29, 0.717) is 28.7 Å². The molecule has 0 radical (unpaired) electrons. The third-order valence-corrected chi connectivity index (χ3v) is 4.59. The van der Waals surface area contributed by atoms with Gasteiger partial charge >= 0.3 is 5.97 Å². The maximum Gasteiger partial charge on any atom is 0.342 e. The van der Waals surface area contributed by atoms with E-state index in [-0.39, 0.29) is 6.61 Å². The summed E-state index contributed by atoms with van der Waals surface area (Å²) in [6.07, 6.45) is 0. The number of carbonyl (C=O) groups excluding carboxylic acids is 1. The minimum Gasteiger partial charge on any atom is -0.465 e. The molecule has 0 aliphatic heterocycles. The molecule has 120 valence electrons. The molecule has 0 saturated carbocycles. The molecule has 23 heavy (non-hydrogen) atoms. The maximum absolute atomic E-state index is 12.3. The first kappa shape index (κ1) is 15.6. The fourth-order valence-electron chi connectivity index (χ4n) is 2.37. The summed E-state index contributed by atoms with van der Waals surface area (Å²) in [6.45, 7) is 7.31. The first-order valence-corrected chi connectivity index (χ1v) is 8.09. The second-order valence-electron chi connectivity index (χ2n) is 5.29. The molecule has 0 amide bonds. The van der Waals surface area contributed by atoms with Gasteiger partial charge in [-0.2, -0.15) is 0 Å². The molecular formula is C17H17NO4S. The summed E-state index contributed by atoms with van der Waals surface area (Å²) in [5.41, 5.74) is 1.92. The Morgan fingerprint density at radius 3 is 2.57 bits per heavy atom. The lowest BCUT2D eigenvalue weighted by atomic mass is 10.1. The van der Waals surface area contributed by atoms with Crippen LogP contribution in [-0.4, -0.2) is 11.0 Å². The molecule has 6 heteroatoms. The molecule has 0 bridgehead atoms. The van der Waals surface area contributed by atoms with Gasteiger partial charge in [0.05, 0.1) is 4.88 Å². The van der Waals surface area contributed by atoms with Crippen LogP contribution in [0.4, 0.5) is 0 Å². The molecule has 0 aliphatic carbocycles. The van der Waals surface area contributed by atoms with Gasteiger partial charge in [-0.15, -0.1) is 11.3 Å². The minimum absolute atomic E-state index is 0.0721. The fourth-order valence-corrected chi connectivity index (χ4v) is 3.02. The molecule has 0 spiro atoms. The molecule has 0 fully saturated rings. The van der Waals surface area contributed by atoms with Gasteiger partial charge in [0.2, 0.25) is 5.89 Å². The number of aryl methyl sites for hydroxylation is 3. The predicted molar refractivity (Wildman–Crippen MR) is 86.6 cm³/mol. The molecule has 3 rings (SSSR count). The van der Waals surface area contributed by atoms with E-state index in [9.17, 15) is 4.79 Å². The smallest absolute Gasteiger partial charge is 0.342 e. The summed E-state index contributed by atoms with van der Waals surface area (Å²) in [6, 6.07) is 3.87. The number of rotatable bonds is 4. The minimum atomic E-state index is -0.406. The summed E-state index contributed by atoms with van der Waals surface area (Å²) >= 11 is 1.55. The van der Waals surface area contributed by atoms with Crippen molar-refractivity contribution >= 4 is 17.3 Å². The van der Waals surface area contributed by atoms with Crippen molar-refractivity contribution in [1.29, 1.82) is 0 Å². The Morgan fingerprint density at radius 1 is 1.17 bits per heavy atom. The van der Waals surface area contributed by atoms with Crippen molar-refractivity contribution in [2.45, 2.75) is 34.3 Å². The Bertz CT molecular complexity index is 842. The SMILES string of the molecule is Cc1oc(-c2cccs2)nc1COC(=O)c1c(C)oc(C)c1C. The largest absolute Gasteiger partial charge is 0.465 e. The Hall–Kier alpha value is -2.34. The summed E-state index contributed by atoms with van der Waals surface area (Å²) in [4.78, 5) is 17.6. The van der Waals surface area contributed by atoms with Crippen LogP contribution in [0.25, 0.3) is 10.8 Å². The highest BCUT2D eigenvalue weighted by atomic mass is 32.1. The van der Waals surface area contributed by atoms with Crippen molar-refractivity contribution < 1.29 is 18.4 Å². The molecule has 0 aliphatic rings. The fraction of sp³-hybridized carbons (Fsp3) is 0.294. The molecule has 3 heterocycles. The average Bonchev–Trinajstić information content (AvgIpc) is 3.19. The van der Waals surface area contributed by atoms with Crippen molar-refractivity contribution in [3.63, 3.8) is 0 Å². The molecule has 0 N–H and O–H groups in total. The molecule has 0 unspecified atom stereocenters. The quantitative estimate of drug-likeness (QED) is 0.654. The molecular weight excluding hydrogens is 314 g/mol. The van der Waals surface area contributed by atoms with Gasteiger partial charge in [0, 0.05) is 5.56 Å². The van der Waals surface area contributed by atoms with Gasteiger partial charge in [-0.05, 0) is 39.1 Å². The van der Waals surface area contributed by atoms with E-state index in [0.717, 1.165) is 16.2 Å². The highest BCUT2D eigenvalue weighted by molar-refractivity contribution is 7.13. The van der Waals surface area contributed by atoms with Crippen molar-refractivity contribution in [2.24, 2.45) is 0 Å². The summed E-state index contributed by atoms with van der Waals surface area (Å²) in [7, 11) is 0. The lowest BCUT2D eigenvalue weighted by Gasteiger charge is -2.03. The zero-order valence-electron chi connectivity index (χ0n) is 13.4. The van der Waals surface area contributed by atoms with Crippen LogP contribution in [0, 0.1) is 27.7 Å². The van der Waals surface area contributed by atoms with Gasteiger partial charge in [-0.3, -0.25) is 0 Å². The Morgan fingerprint density at radius 2 is 1.96 bits per heavy atom. The van der Waals surface area contributed by atoms with Crippen molar-refractivity contribution in [3.8, 4) is 10.8 Å². The number of esters is 1. The topological polar surface area (TPSA) is 65.5 Å². The number of aromatic nitrogens is 1. The lowest BCUT2D eigenvalue weighted by Crippen LogP contribution is -2.08. The number of nitrogens with zero attached hydrogens (tertiary/aromatic N) is 1. The third kappa shape index (κ3) is 2.94. The van der Waals surface area contributed by atoms with E-state index in [1.807, 2.05) is 38.3 Å². The molecule has 0 saturated heterocycles. The Labute approximate surface area is 137 Å². The zero-order chi connectivity index (χ0) is 16.6. The summed E-state index contributed by atoms with van der Waals surface area (Å²) in [5, 5.41) is 1.96. The second-order valence-corrected chi connectivity index (χ2v) is 6.24. The monoisotopic (exact) mass is 331 g/mol. The van der Waals surface area contributed by atoms with E-state index < -0.39 is 5.97 Å². The number of hydrogen-bond acceptors (Lipinski definition) is 6. The highest BCUT2D eigenvalue weighted by Crippen LogP contribution is 2.27. The first-order valence-electron chi connectivity index (χ1n) is 7.21. The van der Waals surface area contributed by atoms with Crippen LogP contribution < -0.4 is 0 Å². The van der Waals surface area contributed by atoms with Crippen molar-refractivity contribution in [1.82, 2.24) is 4.98 Å². The van der Waals surface area contributed by atoms with Crippen molar-refractivity contribution in [2.75, 3.05) is 0 Å². The molecule has 0 atom stereocenters. The molecule has 0 aromatic carbocycles. The molecule has 5 nitrogen and oxygen atoms in total. The highest BCUT2D eigenvalue weighted by Gasteiger charge is 2.21. The standard InChI is InChI=1S/C17H17NO4S/c1-9-10(2)21-12(4)15(9)17(19)20-8-13-11(3)22-16(18-13)14-6-5-7-23-14/h5-7H,8H2,1-4H3. The molecule has 3 aromatic rings. The van der Waals surface area contributed by atoms with Gasteiger partial charge < -0.3 is 13.6 Å². The van der Waals surface area contributed by atoms with E-state index >= 15 is 0 Å². The lowest BCUT2D eigenvalue weighted by molar-refractivity contribution is 0.0464. The van der Waals surface area contributed by atoms with Crippen LogP contribution in [0.3, 0.4) is 0 Å². The Kier molecular flexibility index (Phi) is 4.09. The van der Waals surface area contributed by atoms with Gasteiger partial charge in [0.1, 0.15) is 35.1 Å². The number of carbonyl (C=O) groups is 1. The van der Waals surface area contributed by atoms with Crippen LogP contribution in [-0.2, 0) is 11.3 Å². The van der Waals surface area contributed by atoms with Crippen LogP contribution in [0.15, 0.2) is 26.3 Å². The second kappa shape index (κ2) is 6.04.